The van der Waals surface area contributed by atoms with E-state index in [9.17, 15) is 10.1 Å². The Kier molecular flexibility index (Phi) is 10.2. The largest absolute Gasteiger partial charge is 0.412 e. The highest BCUT2D eigenvalue weighted by Crippen LogP contribution is 2.29. The molecule has 176 valence electrons. The molecule has 0 radical (unpaired) electrons. The number of nitro groups is 1. The van der Waals surface area contributed by atoms with Gasteiger partial charge in [0.15, 0.2) is 0 Å². The van der Waals surface area contributed by atoms with E-state index in [-0.39, 0.29) is 29.6 Å². The minimum Gasteiger partial charge on any atom is -0.412 e. The van der Waals surface area contributed by atoms with Gasteiger partial charge in [0.05, 0.1) is 11.0 Å². The second kappa shape index (κ2) is 12.9. The van der Waals surface area contributed by atoms with Crippen LogP contribution in [0.1, 0.15) is 17.2 Å². The lowest BCUT2D eigenvalue weighted by molar-refractivity contribution is -0.384. The Labute approximate surface area is 200 Å². The molecular formula is C24H30ClN5O3. The zero-order valence-corrected chi connectivity index (χ0v) is 19.2. The van der Waals surface area contributed by atoms with Crippen LogP contribution in [-0.4, -0.2) is 64.5 Å². The van der Waals surface area contributed by atoms with Gasteiger partial charge in [-0.3, -0.25) is 24.9 Å². The van der Waals surface area contributed by atoms with Crippen LogP contribution in [0.5, 0.6) is 0 Å². The number of benzene rings is 2. The molecule has 2 aromatic carbocycles. The summed E-state index contributed by atoms with van der Waals surface area (Å²) in [6.45, 7) is 5.39. The molecular weight excluding hydrogens is 442 g/mol. The third-order valence-corrected chi connectivity index (χ3v) is 5.74. The minimum absolute atomic E-state index is 0. The van der Waals surface area contributed by atoms with Gasteiger partial charge in [-0.25, -0.2) is 0 Å². The molecule has 1 aromatic heterocycles. The lowest BCUT2D eigenvalue weighted by atomic mass is 9.96. The Morgan fingerprint density at radius 3 is 2.06 bits per heavy atom. The Morgan fingerprint density at radius 2 is 1.52 bits per heavy atom. The molecule has 0 atom stereocenters. The first-order chi connectivity index (χ1) is 15.2. The van der Waals surface area contributed by atoms with Crippen LogP contribution in [0.25, 0.3) is 0 Å². The molecule has 1 aliphatic rings. The van der Waals surface area contributed by atoms with Crippen molar-refractivity contribution >= 4 is 23.8 Å². The van der Waals surface area contributed by atoms with Gasteiger partial charge < -0.3 is 10.8 Å². The maximum Gasteiger partial charge on any atom is 0.310 e. The van der Waals surface area contributed by atoms with Crippen LogP contribution >= 0.6 is 12.4 Å². The quantitative estimate of drug-likeness (QED) is 0.398. The molecule has 0 aliphatic carbocycles. The number of aromatic nitrogens is 1. The Bertz CT molecular complexity index is 946. The smallest absolute Gasteiger partial charge is 0.310 e. The highest BCUT2D eigenvalue weighted by Gasteiger charge is 2.26. The van der Waals surface area contributed by atoms with Crippen LogP contribution in [-0.2, 0) is 0 Å². The number of piperazine rings is 1. The summed E-state index contributed by atoms with van der Waals surface area (Å²) in [6.07, 6.45) is 2.86. The molecule has 0 spiro atoms. The van der Waals surface area contributed by atoms with Crippen LogP contribution in [0, 0.1) is 10.1 Å². The fraction of sp³-hybridized carbons (Fsp3) is 0.292. The molecule has 1 aliphatic heterocycles. The summed E-state index contributed by atoms with van der Waals surface area (Å²) in [7, 11) is 0. The van der Waals surface area contributed by atoms with Crippen LogP contribution in [0.3, 0.4) is 0 Å². The van der Waals surface area contributed by atoms with Gasteiger partial charge in [-0.1, -0.05) is 60.7 Å². The summed E-state index contributed by atoms with van der Waals surface area (Å²) >= 11 is 0. The molecule has 0 bridgehead atoms. The number of pyridine rings is 1. The average Bonchev–Trinajstić information content (AvgIpc) is 2.82. The van der Waals surface area contributed by atoms with Crippen LogP contribution in [0.15, 0.2) is 79.1 Å². The highest BCUT2D eigenvalue weighted by molar-refractivity contribution is 5.85. The molecule has 0 amide bonds. The van der Waals surface area contributed by atoms with Crippen molar-refractivity contribution in [2.24, 2.45) is 0 Å². The van der Waals surface area contributed by atoms with Gasteiger partial charge >= 0.3 is 5.69 Å². The second-order valence-corrected chi connectivity index (χ2v) is 7.68. The average molecular weight is 472 g/mol. The van der Waals surface area contributed by atoms with Crippen molar-refractivity contribution in [3.05, 3.63) is 100 Å². The Morgan fingerprint density at radius 1 is 0.939 bits per heavy atom. The maximum absolute atomic E-state index is 11.1. The number of halogens is 1. The number of nitrogens with one attached hydrogen (secondary N) is 1. The topological polar surface area (TPSA) is 106 Å². The number of anilines is 1. The van der Waals surface area contributed by atoms with Gasteiger partial charge in [0.2, 0.25) is 0 Å². The van der Waals surface area contributed by atoms with Crippen molar-refractivity contribution in [2.75, 3.05) is 44.6 Å². The van der Waals surface area contributed by atoms with Crippen molar-refractivity contribution in [3.63, 3.8) is 0 Å². The van der Waals surface area contributed by atoms with E-state index in [4.69, 9.17) is 0 Å². The van der Waals surface area contributed by atoms with Gasteiger partial charge in [-0.15, -0.1) is 12.4 Å². The van der Waals surface area contributed by atoms with Crippen molar-refractivity contribution < 1.29 is 10.4 Å². The number of hydrogen-bond donors (Lipinski definition) is 1. The first kappa shape index (κ1) is 26.2. The lowest BCUT2D eigenvalue weighted by Gasteiger charge is -2.39. The van der Waals surface area contributed by atoms with E-state index in [2.05, 4.69) is 80.8 Å². The second-order valence-electron chi connectivity index (χ2n) is 7.68. The zero-order valence-electron chi connectivity index (χ0n) is 18.3. The van der Waals surface area contributed by atoms with Gasteiger partial charge in [0.25, 0.3) is 0 Å². The molecule has 0 unspecified atom stereocenters. The standard InChI is InChI=1S/C24H27N5O2.ClH.H2O/c30-29(31)23-19-25-12-11-22(23)26-13-14-27-15-17-28(18-16-27)24(20-7-3-1-4-8-20)21-9-5-2-6-10-21;;/h1-12,19,24H,13-18H2,(H,25,26);1H;1H2. The summed E-state index contributed by atoms with van der Waals surface area (Å²) in [4.78, 5) is 19.5. The van der Waals surface area contributed by atoms with Gasteiger partial charge in [-0.2, -0.15) is 0 Å². The molecule has 33 heavy (non-hydrogen) atoms. The number of hydrogen-bond acceptors (Lipinski definition) is 6. The summed E-state index contributed by atoms with van der Waals surface area (Å²) < 4.78 is 0. The van der Waals surface area contributed by atoms with E-state index >= 15 is 0 Å². The monoisotopic (exact) mass is 471 g/mol. The van der Waals surface area contributed by atoms with Crippen molar-refractivity contribution in [1.29, 1.82) is 0 Å². The molecule has 9 heteroatoms. The lowest BCUT2D eigenvalue weighted by Crippen LogP contribution is -2.48. The fourth-order valence-electron chi connectivity index (χ4n) is 4.16. The fourth-order valence-corrected chi connectivity index (χ4v) is 4.16. The van der Waals surface area contributed by atoms with E-state index in [1.54, 1.807) is 12.3 Å². The Hall–Kier alpha value is -3.04. The van der Waals surface area contributed by atoms with Crippen molar-refractivity contribution in [1.82, 2.24) is 14.8 Å². The normalized spacial score (nSPS) is 14.2. The van der Waals surface area contributed by atoms with E-state index in [0.717, 1.165) is 32.7 Å². The number of rotatable bonds is 8. The van der Waals surface area contributed by atoms with Gasteiger partial charge in [-0.05, 0) is 17.2 Å². The highest BCUT2D eigenvalue weighted by atomic mass is 35.5. The number of nitrogens with zero attached hydrogens (tertiary/aromatic N) is 4. The predicted octanol–water partition coefficient (Wildman–Crippen LogP) is 3.41. The first-order valence-electron chi connectivity index (χ1n) is 10.6. The molecule has 0 saturated carbocycles. The third-order valence-electron chi connectivity index (χ3n) is 5.74. The molecule has 4 rings (SSSR count). The minimum atomic E-state index is -0.401. The predicted molar refractivity (Wildman–Crippen MR) is 133 cm³/mol. The van der Waals surface area contributed by atoms with Crippen LogP contribution < -0.4 is 5.32 Å². The summed E-state index contributed by atoms with van der Waals surface area (Å²) in [6, 6.07) is 23.2. The summed E-state index contributed by atoms with van der Waals surface area (Å²) in [5.41, 5.74) is 3.16. The van der Waals surface area contributed by atoms with Crippen LogP contribution in [0.4, 0.5) is 11.4 Å². The van der Waals surface area contributed by atoms with Crippen molar-refractivity contribution in [2.45, 2.75) is 6.04 Å². The van der Waals surface area contributed by atoms with Gasteiger partial charge in [0, 0.05) is 45.5 Å². The SMILES string of the molecule is Cl.O.O=[N+]([O-])c1cnccc1NCCN1CCN(C(c2ccccc2)c2ccccc2)CC1. The van der Waals surface area contributed by atoms with Crippen molar-refractivity contribution in [3.8, 4) is 0 Å². The molecule has 3 N–H and O–H groups in total. The van der Waals surface area contributed by atoms with Crippen LogP contribution in [0.2, 0.25) is 0 Å². The molecule has 3 aromatic rings. The van der Waals surface area contributed by atoms with E-state index in [1.807, 2.05) is 0 Å². The summed E-state index contributed by atoms with van der Waals surface area (Å²) in [5.74, 6) is 0. The zero-order chi connectivity index (χ0) is 21.5. The molecule has 1 fully saturated rings. The summed E-state index contributed by atoms with van der Waals surface area (Å²) in [5, 5.41) is 14.3. The van der Waals surface area contributed by atoms with Gasteiger partial charge in [0.1, 0.15) is 11.9 Å². The van der Waals surface area contributed by atoms with E-state index in [1.165, 1.54) is 17.3 Å². The maximum atomic E-state index is 11.1. The van der Waals surface area contributed by atoms with E-state index < -0.39 is 4.92 Å². The molecule has 8 nitrogen and oxygen atoms in total. The van der Waals surface area contributed by atoms with E-state index in [0.29, 0.717) is 12.2 Å². The third kappa shape index (κ3) is 6.72. The molecule has 2 heterocycles. The Balaban J connectivity index is 0.00000193. The molecule has 1 saturated heterocycles. The first-order valence-corrected chi connectivity index (χ1v) is 10.6.